The molecule has 0 saturated carbocycles. The van der Waals surface area contributed by atoms with Gasteiger partial charge in [-0.15, -0.1) is 0 Å². The van der Waals surface area contributed by atoms with E-state index in [1.807, 2.05) is 0 Å². The molecule has 0 heterocycles. The van der Waals surface area contributed by atoms with Gasteiger partial charge in [-0.05, 0) is 18.2 Å². The second-order valence-corrected chi connectivity index (χ2v) is 3.61. The molecule has 1 rings (SSSR count). The lowest BCUT2D eigenvalue weighted by Gasteiger charge is -2.02. The Hall–Kier alpha value is -0.480. The molecule has 0 amide bonds. The van der Waals surface area contributed by atoms with E-state index in [0.717, 1.165) is 0 Å². The lowest BCUT2D eigenvalue weighted by molar-refractivity contribution is 0.0679. The van der Waals surface area contributed by atoms with Crippen LogP contribution in [0.15, 0.2) is 22.7 Å². The molecule has 0 fully saturated rings. The fraction of sp³-hybridized carbons (Fsp3) is 0.125. The van der Waals surface area contributed by atoms with E-state index in [0.29, 0.717) is 4.47 Å². The first kappa shape index (κ1) is 10.6. The summed E-state index contributed by atoms with van der Waals surface area (Å²) in [6.07, 6.45) is -3.02. The molecule has 0 aliphatic carbocycles. The molecule has 0 unspecified atom stereocenters. The molecule has 0 bridgehead atoms. The number of hydrogen-bond donors (Lipinski definition) is 0. The minimum Gasteiger partial charge on any atom is -0.288 e. The Kier molecular flexibility index (Phi) is 3.39. The molecule has 0 saturated heterocycles. The van der Waals surface area contributed by atoms with Crippen molar-refractivity contribution in [1.82, 2.24) is 0 Å². The van der Waals surface area contributed by atoms with Crippen molar-refractivity contribution in [3.63, 3.8) is 0 Å². The number of carbonyl (C=O) groups is 1. The maximum atomic E-state index is 12.0. The first-order valence-corrected chi connectivity index (χ1v) is 4.47. The molecule has 5 heteroatoms. The summed E-state index contributed by atoms with van der Waals surface area (Å²) in [6.45, 7) is 0. The number of carbonyl (C=O) groups excluding carboxylic acids is 1. The Morgan fingerprint density at radius 2 is 2.08 bits per heavy atom. The van der Waals surface area contributed by atoms with Crippen molar-refractivity contribution in [2.75, 3.05) is 0 Å². The molecule has 0 spiro atoms. The lowest BCUT2D eigenvalue weighted by Crippen LogP contribution is -2.10. The quantitative estimate of drug-likeness (QED) is 0.750. The molecule has 70 valence electrons. The summed E-state index contributed by atoms with van der Waals surface area (Å²) < 4.78 is 24.6. The Bertz CT molecular complexity index is 341. The molecule has 1 aromatic carbocycles. The highest BCUT2D eigenvalue weighted by molar-refractivity contribution is 9.10. The summed E-state index contributed by atoms with van der Waals surface area (Å²) in [4.78, 5) is 10.8. The number of hydrogen-bond acceptors (Lipinski definition) is 1. The third-order valence-corrected chi connectivity index (χ3v) is 2.20. The molecule has 1 nitrogen and oxygen atoms in total. The normalized spacial score (nSPS) is 10.5. The third-order valence-electron chi connectivity index (χ3n) is 1.39. The van der Waals surface area contributed by atoms with Gasteiger partial charge in [-0.3, -0.25) is 4.79 Å². The highest BCUT2D eigenvalue weighted by Gasteiger charge is 2.20. The number of rotatable bonds is 2. The Morgan fingerprint density at radius 3 is 2.54 bits per heavy atom. The number of Topliss-reactive ketones (excluding diaryl/α,β-unsaturated/α-hetero) is 1. The standard InChI is InChI=1S/C8H4BrClF2O/c9-4-1-2-5(6(10)3-4)7(13)8(11)12/h1-3,8H. The average molecular weight is 269 g/mol. The van der Waals surface area contributed by atoms with Crippen LogP contribution in [0.3, 0.4) is 0 Å². The minimum absolute atomic E-state index is 0.0275. The largest absolute Gasteiger partial charge is 0.300 e. The van der Waals surface area contributed by atoms with Crippen LogP contribution in [0.25, 0.3) is 0 Å². The first-order valence-electron chi connectivity index (χ1n) is 3.30. The van der Waals surface area contributed by atoms with Gasteiger partial charge in [0.15, 0.2) is 0 Å². The number of halogens is 4. The van der Waals surface area contributed by atoms with E-state index in [1.54, 1.807) is 0 Å². The van der Waals surface area contributed by atoms with Crippen LogP contribution in [0.1, 0.15) is 10.4 Å². The molecule has 0 aliphatic rings. The predicted molar refractivity (Wildman–Crippen MR) is 49.5 cm³/mol. The zero-order chi connectivity index (χ0) is 10.0. The van der Waals surface area contributed by atoms with E-state index in [2.05, 4.69) is 15.9 Å². The van der Waals surface area contributed by atoms with Gasteiger partial charge in [0, 0.05) is 10.0 Å². The maximum absolute atomic E-state index is 12.0. The van der Waals surface area contributed by atoms with Crippen molar-refractivity contribution in [2.45, 2.75) is 6.43 Å². The molecule has 0 aromatic heterocycles. The van der Waals surface area contributed by atoms with E-state index >= 15 is 0 Å². The summed E-state index contributed by atoms with van der Waals surface area (Å²) in [7, 11) is 0. The summed E-state index contributed by atoms with van der Waals surface area (Å²) >= 11 is 8.68. The summed E-state index contributed by atoms with van der Waals surface area (Å²) in [5.41, 5.74) is -0.153. The molecule has 0 N–H and O–H groups in total. The topological polar surface area (TPSA) is 17.1 Å². The van der Waals surface area contributed by atoms with Gasteiger partial charge in [-0.1, -0.05) is 27.5 Å². The van der Waals surface area contributed by atoms with Crippen LogP contribution in [-0.2, 0) is 0 Å². The van der Waals surface area contributed by atoms with E-state index in [9.17, 15) is 13.6 Å². The van der Waals surface area contributed by atoms with Crippen LogP contribution in [0.2, 0.25) is 5.02 Å². The molecule has 0 atom stereocenters. The Balaban J connectivity index is 3.09. The fourth-order valence-electron chi connectivity index (χ4n) is 0.807. The zero-order valence-corrected chi connectivity index (χ0v) is 8.57. The molecule has 13 heavy (non-hydrogen) atoms. The summed E-state index contributed by atoms with van der Waals surface area (Å²) in [6, 6.07) is 4.15. The monoisotopic (exact) mass is 268 g/mol. The van der Waals surface area contributed by atoms with Gasteiger partial charge in [-0.25, -0.2) is 8.78 Å². The second-order valence-electron chi connectivity index (χ2n) is 2.29. The average Bonchev–Trinajstić information content (AvgIpc) is 2.03. The zero-order valence-electron chi connectivity index (χ0n) is 6.23. The Labute approximate surface area is 86.8 Å². The second kappa shape index (κ2) is 4.15. The predicted octanol–water partition coefficient (Wildman–Crippen LogP) is 3.55. The summed E-state index contributed by atoms with van der Waals surface area (Å²) in [5, 5.41) is 0.0275. The van der Waals surface area contributed by atoms with Gasteiger partial charge in [0.2, 0.25) is 5.78 Å². The summed E-state index contributed by atoms with van der Waals surface area (Å²) in [5.74, 6) is -1.25. The van der Waals surface area contributed by atoms with E-state index in [-0.39, 0.29) is 10.6 Å². The third kappa shape index (κ3) is 2.48. The van der Waals surface area contributed by atoms with Crippen molar-refractivity contribution in [3.05, 3.63) is 33.3 Å². The van der Waals surface area contributed by atoms with Gasteiger partial charge in [0.05, 0.1) is 5.02 Å². The molecule has 1 aromatic rings. The van der Waals surface area contributed by atoms with E-state index < -0.39 is 12.2 Å². The highest BCUT2D eigenvalue weighted by atomic mass is 79.9. The van der Waals surface area contributed by atoms with Crippen LogP contribution in [-0.4, -0.2) is 12.2 Å². The van der Waals surface area contributed by atoms with E-state index in [4.69, 9.17) is 11.6 Å². The molecular weight excluding hydrogens is 265 g/mol. The van der Waals surface area contributed by atoms with Crippen molar-refractivity contribution < 1.29 is 13.6 Å². The highest BCUT2D eigenvalue weighted by Crippen LogP contribution is 2.23. The van der Waals surface area contributed by atoms with Gasteiger partial charge in [0.25, 0.3) is 0 Å². The van der Waals surface area contributed by atoms with Gasteiger partial charge in [-0.2, -0.15) is 0 Å². The number of alkyl halides is 2. The van der Waals surface area contributed by atoms with Crippen molar-refractivity contribution in [2.24, 2.45) is 0 Å². The molecule has 0 radical (unpaired) electrons. The maximum Gasteiger partial charge on any atom is 0.300 e. The lowest BCUT2D eigenvalue weighted by atomic mass is 10.1. The SMILES string of the molecule is O=C(c1ccc(Br)cc1Cl)C(F)F. The van der Waals surface area contributed by atoms with Gasteiger partial charge >= 0.3 is 6.43 Å². The van der Waals surface area contributed by atoms with Crippen LogP contribution in [0.4, 0.5) is 8.78 Å². The fourth-order valence-corrected chi connectivity index (χ4v) is 1.57. The van der Waals surface area contributed by atoms with Crippen molar-refractivity contribution in [1.29, 1.82) is 0 Å². The number of benzene rings is 1. The van der Waals surface area contributed by atoms with Crippen molar-refractivity contribution in [3.8, 4) is 0 Å². The minimum atomic E-state index is -3.02. The molecular formula is C8H4BrClF2O. The smallest absolute Gasteiger partial charge is 0.288 e. The van der Waals surface area contributed by atoms with Gasteiger partial charge in [0.1, 0.15) is 0 Å². The van der Waals surface area contributed by atoms with Crippen LogP contribution >= 0.6 is 27.5 Å². The molecule has 0 aliphatic heterocycles. The van der Waals surface area contributed by atoms with Crippen LogP contribution < -0.4 is 0 Å². The van der Waals surface area contributed by atoms with Crippen LogP contribution in [0.5, 0.6) is 0 Å². The Morgan fingerprint density at radius 1 is 1.46 bits per heavy atom. The number of ketones is 1. The van der Waals surface area contributed by atoms with Crippen molar-refractivity contribution >= 4 is 33.3 Å². The van der Waals surface area contributed by atoms with Crippen LogP contribution in [0, 0.1) is 0 Å². The van der Waals surface area contributed by atoms with E-state index in [1.165, 1.54) is 18.2 Å². The van der Waals surface area contributed by atoms with Gasteiger partial charge < -0.3 is 0 Å². The first-order chi connectivity index (χ1) is 6.02.